The van der Waals surface area contributed by atoms with Crippen molar-refractivity contribution in [3.63, 3.8) is 0 Å². The molecule has 3 fully saturated rings. The lowest BCUT2D eigenvalue weighted by Crippen LogP contribution is -2.65. The Morgan fingerprint density at radius 1 is 1.03 bits per heavy atom. The number of hydrogen-bond acceptors (Lipinski definition) is 5. The van der Waals surface area contributed by atoms with Gasteiger partial charge in [-0.25, -0.2) is 14.1 Å². The van der Waals surface area contributed by atoms with Crippen molar-refractivity contribution in [2.75, 3.05) is 16.8 Å². The Kier molecular flexibility index (Phi) is 6.10. The molecule has 2 aliphatic heterocycles. The van der Waals surface area contributed by atoms with Gasteiger partial charge in [-0.1, -0.05) is 12.8 Å². The van der Waals surface area contributed by atoms with Crippen LogP contribution in [-0.4, -0.2) is 53.3 Å². The van der Waals surface area contributed by atoms with E-state index in [1.54, 1.807) is 24.3 Å². The van der Waals surface area contributed by atoms with Gasteiger partial charge in [0.25, 0.3) is 5.91 Å². The first kappa shape index (κ1) is 23.2. The number of imide groups is 1. The number of fused-ring (bicyclic) bond motifs is 3. The molecule has 1 saturated carbocycles. The Labute approximate surface area is 202 Å². The van der Waals surface area contributed by atoms with Gasteiger partial charge in [-0.3, -0.25) is 14.4 Å². The van der Waals surface area contributed by atoms with Crippen LogP contribution in [0.5, 0.6) is 0 Å². The first-order chi connectivity index (χ1) is 16.8. The van der Waals surface area contributed by atoms with Crippen molar-refractivity contribution in [3.05, 3.63) is 59.9 Å². The van der Waals surface area contributed by atoms with Gasteiger partial charge in [-0.05, 0) is 68.3 Å². The summed E-state index contributed by atoms with van der Waals surface area (Å²) < 4.78 is 19.6. The van der Waals surface area contributed by atoms with Crippen LogP contribution in [0.3, 0.4) is 0 Å². The molecule has 2 heterocycles. The van der Waals surface area contributed by atoms with Crippen LogP contribution in [0.2, 0.25) is 0 Å². The van der Waals surface area contributed by atoms with E-state index in [4.69, 9.17) is 4.74 Å². The van der Waals surface area contributed by atoms with E-state index in [1.165, 1.54) is 36.1 Å². The maximum absolute atomic E-state index is 13.6. The highest BCUT2D eigenvalue weighted by molar-refractivity contribution is 6.18. The van der Waals surface area contributed by atoms with Crippen LogP contribution in [0.25, 0.3) is 0 Å². The van der Waals surface area contributed by atoms with E-state index in [-0.39, 0.29) is 30.0 Å². The number of rotatable bonds is 5. The lowest BCUT2D eigenvalue weighted by Gasteiger charge is -2.42. The maximum Gasteiger partial charge on any atom is 0.332 e. The van der Waals surface area contributed by atoms with Gasteiger partial charge in [0.1, 0.15) is 12.4 Å². The standard InChI is InChI=1S/C26H26FN3O5/c1-15(31)16-6-10-18(11-7-16)28-22(32)14-29-23-20-4-2-3-5-21(20)35-24(23)25(33)30(26(29)34)19-12-8-17(27)9-13-19/h6-13,20-21,23-24H,2-5,14H2,1H3,(H,28,32). The molecule has 182 valence electrons. The summed E-state index contributed by atoms with van der Waals surface area (Å²) in [6, 6.07) is 10.4. The number of carbonyl (C=O) groups excluding carboxylic acids is 4. The minimum absolute atomic E-state index is 0.0281. The van der Waals surface area contributed by atoms with Gasteiger partial charge in [0.15, 0.2) is 11.9 Å². The Balaban J connectivity index is 1.42. The number of carbonyl (C=O) groups is 4. The molecule has 0 bridgehead atoms. The molecule has 0 radical (unpaired) electrons. The number of ketones is 1. The molecule has 2 aromatic rings. The highest BCUT2D eigenvalue weighted by atomic mass is 19.1. The first-order valence-corrected chi connectivity index (χ1v) is 11.8. The van der Waals surface area contributed by atoms with Gasteiger partial charge in [-0.2, -0.15) is 0 Å². The molecule has 4 atom stereocenters. The number of halogens is 1. The van der Waals surface area contributed by atoms with E-state index in [0.29, 0.717) is 11.3 Å². The fourth-order valence-electron chi connectivity index (χ4n) is 5.40. The third-order valence-electron chi connectivity index (χ3n) is 7.06. The van der Waals surface area contributed by atoms with Crippen LogP contribution < -0.4 is 10.2 Å². The first-order valence-electron chi connectivity index (χ1n) is 11.8. The minimum Gasteiger partial charge on any atom is -0.363 e. The summed E-state index contributed by atoms with van der Waals surface area (Å²) in [5.41, 5.74) is 1.24. The maximum atomic E-state index is 13.6. The van der Waals surface area contributed by atoms with Gasteiger partial charge in [0.05, 0.1) is 17.8 Å². The van der Waals surface area contributed by atoms with E-state index in [9.17, 15) is 23.6 Å². The third-order valence-corrected chi connectivity index (χ3v) is 7.06. The lowest BCUT2D eigenvalue weighted by molar-refractivity contribution is -0.133. The molecule has 0 spiro atoms. The summed E-state index contributed by atoms with van der Waals surface area (Å²) in [5, 5.41) is 2.76. The molecular formula is C26H26FN3O5. The molecule has 1 aliphatic carbocycles. The van der Waals surface area contributed by atoms with Crippen LogP contribution in [0.1, 0.15) is 43.0 Å². The van der Waals surface area contributed by atoms with Gasteiger partial charge >= 0.3 is 6.03 Å². The second-order valence-corrected chi connectivity index (χ2v) is 9.28. The van der Waals surface area contributed by atoms with E-state index in [2.05, 4.69) is 5.32 Å². The molecule has 8 nitrogen and oxygen atoms in total. The number of nitrogens with zero attached hydrogens (tertiary/aromatic N) is 2. The number of nitrogens with one attached hydrogen (secondary N) is 1. The molecule has 9 heteroatoms. The summed E-state index contributed by atoms with van der Waals surface area (Å²) >= 11 is 0. The zero-order chi connectivity index (χ0) is 24.7. The van der Waals surface area contributed by atoms with Crippen LogP contribution in [0, 0.1) is 11.7 Å². The number of ether oxygens (including phenoxy) is 1. The van der Waals surface area contributed by atoms with Crippen LogP contribution >= 0.6 is 0 Å². The number of hydrogen-bond donors (Lipinski definition) is 1. The molecule has 35 heavy (non-hydrogen) atoms. The number of benzene rings is 2. The molecule has 1 N–H and O–H groups in total. The van der Waals surface area contributed by atoms with Crippen molar-refractivity contribution in [2.24, 2.45) is 5.92 Å². The Morgan fingerprint density at radius 3 is 2.40 bits per heavy atom. The molecular weight excluding hydrogens is 453 g/mol. The summed E-state index contributed by atoms with van der Waals surface area (Å²) in [5.74, 6) is -1.52. The number of urea groups is 1. The van der Waals surface area contributed by atoms with Gasteiger partial charge in [0.2, 0.25) is 5.91 Å². The number of anilines is 2. The Morgan fingerprint density at radius 2 is 1.71 bits per heavy atom. The fraction of sp³-hybridized carbons (Fsp3) is 0.385. The minimum atomic E-state index is -0.881. The Bertz CT molecular complexity index is 1170. The van der Waals surface area contributed by atoms with E-state index in [0.717, 1.165) is 30.6 Å². The smallest absolute Gasteiger partial charge is 0.332 e. The number of amides is 4. The topological polar surface area (TPSA) is 96.0 Å². The normalized spacial score (nSPS) is 25.8. The predicted octanol–water partition coefficient (Wildman–Crippen LogP) is 3.76. The zero-order valence-electron chi connectivity index (χ0n) is 19.3. The monoisotopic (exact) mass is 479 g/mol. The highest BCUT2D eigenvalue weighted by Gasteiger charge is 2.58. The van der Waals surface area contributed by atoms with E-state index in [1.807, 2.05) is 0 Å². The fourth-order valence-corrected chi connectivity index (χ4v) is 5.40. The molecule has 4 unspecified atom stereocenters. The lowest BCUT2D eigenvalue weighted by atomic mass is 9.81. The highest BCUT2D eigenvalue weighted by Crippen LogP contribution is 2.43. The molecule has 4 amide bonds. The van der Waals surface area contributed by atoms with Crippen molar-refractivity contribution in [1.82, 2.24) is 4.90 Å². The van der Waals surface area contributed by atoms with E-state index >= 15 is 0 Å². The number of Topliss-reactive ketones (excluding diaryl/α,β-unsaturated/α-hetero) is 1. The van der Waals surface area contributed by atoms with Gasteiger partial charge in [-0.15, -0.1) is 0 Å². The zero-order valence-corrected chi connectivity index (χ0v) is 19.3. The van der Waals surface area contributed by atoms with Gasteiger partial charge < -0.3 is 15.0 Å². The summed E-state index contributed by atoms with van der Waals surface area (Å²) in [6.07, 6.45) is 2.55. The molecule has 5 rings (SSSR count). The van der Waals surface area contributed by atoms with Crippen molar-refractivity contribution in [1.29, 1.82) is 0 Å². The van der Waals surface area contributed by atoms with Crippen molar-refractivity contribution in [2.45, 2.75) is 50.9 Å². The van der Waals surface area contributed by atoms with Crippen LogP contribution in [0.4, 0.5) is 20.6 Å². The average molecular weight is 480 g/mol. The van der Waals surface area contributed by atoms with Gasteiger partial charge in [0, 0.05) is 17.2 Å². The quantitative estimate of drug-likeness (QED) is 0.659. The van der Waals surface area contributed by atoms with Crippen LogP contribution in [-0.2, 0) is 14.3 Å². The van der Waals surface area contributed by atoms with E-state index < -0.39 is 35.8 Å². The predicted molar refractivity (Wildman–Crippen MR) is 125 cm³/mol. The third kappa shape index (κ3) is 4.32. The second kappa shape index (κ2) is 9.22. The molecule has 2 saturated heterocycles. The van der Waals surface area contributed by atoms with Crippen molar-refractivity contribution in [3.8, 4) is 0 Å². The average Bonchev–Trinajstić information content (AvgIpc) is 3.23. The summed E-state index contributed by atoms with van der Waals surface area (Å²) in [7, 11) is 0. The molecule has 2 aromatic carbocycles. The van der Waals surface area contributed by atoms with Crippen LogP contribution in [0.15, 0.2) is 48.5 Å². The summed E-state index contributed by atoms with van der Waals surface area (Å²) in [4.78, 5) is 53.9. The second-order valence-electron chi connectivity index (χ2n) is 9.28. The molecule has 0 aromatic heterocycles. The van der Waals surface area contributed by atoms with Crippen molar-refractivity contribution >= 4 is 35.0 Å². The summed E-state index contributed by atoms with van der Waals surface area (Å²) in [6.45, 7) is 1.19. The SMILES string of the molecule is CC(=O)c1ccc(NC(=O)CN2C(=O)N(c3ccc(F)cc3)C(=O)C3OC4CCCCC4C32)cc1. The largest absolute Gasteiger partial charge is 0.363 e. The Hall–Kier alpha value is -3.59. The molecule has 3 aliphatic rings. The van der Waals surface area contributed by atoms with Crippen molar-refractivity contribution < 1.29 is 28.3 Å².